The number of hydrogen-bond donors (Lipinski definition) is 0. The van der Waals surface area contributed by atoms with Gasteiger partial charge in [-0.25, -0.2) is 19.9 Å². The Morgan fingerprint density at radius 1 is 0.964 bits per heavy atom. The number of hydrogen-bond acceptors (Lipinski definition) is 7. The van der Waals surface area contributed by atoms with Crippen molar-refractivity contribution in [2.75, 3.05) is 36.0 Å². The Bertz CT molecular complexity index is 1120. The standard InChI is InChI=1S/C20H23N7S/c1-3-14-6-5-7-15-16(14)24-20(28-15)27-10-8-26(9-11-27)19-17-18(21-12-22-19)25(4-2)13-23-17/h5-7,12-13H,3-4,8-11H2,1-2H3. The van der Waals surface area contributed by atoms with Crippen molar-refractivity contribution >= 4 is 43.7 Å². The molecule has 1 fully saturated rings. The van der Waals surface area contributed by atoms with Crippen LogP contribution >= 0.6 is 11.3 Å². The lowest BCUT2D eigenvalue weighted by Crippen LogP contribution is -2.46. The third-order valence-corrected chi connectivity index (χ3v) is 6.53. The van der Waals surface area contributed by atoms with Crippen LogP contribution in [0, 0.1) is 0 Å². The van der Waals surface area contributed by atoms with Crippen molar-refractivity contribution in [2.24, 2.45) is 0 Å². The van der Waals surface area contributed by atoms with Gasteiger partial charge in [-0.05, 0) is 25.0 Å². The molecule has 1 aromatic carbocycles. The van der Waals surface area contributed by atoms with Crippen LogP contribution in [0.1, 0.15) is 19.4 Å². The quantitative estimate of drug-likeness (QED) is 0.530. The van der Waals surface area contributed by atoms with Crippen LogP contribution in [0.3, 0.4) is 0 Å². The number of piperazine rings is 1. The number of aryl methyl sites for hydroxylation is 2. The first-order valence-corrected chi connectivity index (χ1v) is 10.6. The highest BCUT2D eigenvalue weighted by atomic mass is 32.1. The zero-order chi connectivity index (χ0) is 19.1. The van der Waals surface area contributed by atoms with Crippen LogP contribution in [-0.2, 0) is 13.0 Å². The number of benzene rings is 1. The molecule has 1 aliphatic heterocycles. The van der Waals surface area contributed by atoms with Crippen LogP contribution in [0.4, 0.5) is 10.9 Å². The van der Waals surface area contributed by atoms with E-state index in [0.717, 1.165) is 66.8 Å². The molecule has 8 heteroatoms. The second-order valence-electron chi connectivity index (χ2n) is 6.99. The number of rotatable bonds is 4. The van der Waals surface area contributed by atoms with Crippen molar-refractivity contribution in [1.29, 1.82) is 0 Å². The van der Waals surface area contributed by atoms with Gasteiger partial charge >= 0.3 is 0 Å². The van der Waals surface area contributed by atoms with Crippen molar-refractivity contribution in [3.05, 3.63) is 36.4 Å². The lowest BCUT2D eigenvalue weighted by atomic mass is 10.1. The van der Waals surface area contributed by atoms with Crippen LogP contribution in [0.5, 0.6) is 0 Å². The molecule has 0 aliphatic carbocycles. The molecule has 0 amide bonds. The fraction of sp³-hybridized carbons (Fsp3) is 0.400. The molecule has 0 atom stereocenters. The summed E-state index contributed by atoms with van der Waals surface area (Å²) in [5.41, 5.74) is 4.29. The monoisotopic (exact) mass is 393 g/mol. The molecule has 1 aliphatic rings. The van der Waals surface area contributed by atoms with E-state index in [2.05, 4.69) is 61.4 Å². The van der Waals surface area contributed by atoms with Crippen molar-refractivity contribution in [2.45, 2.75) is 26.8 Å². The SMILES string of the molecule is CCc1cccc2sc(N3CCN(c4ncnc5c4ncn5CC)CC3)nc12. The first-order chi connectivity index (χ1) is 13.8. The number of nitrogens with zero attached hydrogens (tertiary/aromatic N) is 7. The van der Waals surface area contributed by atoms with Gasteiger partial charge in [0.15, 0.2) is 22.1 Å². The molecule has 1 saturated heterocycles. The molecule has 3 aromatic heterocycles. The van der Waals surface area contributed by atoms with E-state index in [0.29, 0.717) is 0 Å². The number of aromatic nitrogens is 5. The normalized spacial score (nSPS) is 15.1. The predicted molar refractivity (Wildman–Crippen MR) is 114 cm³/mol. The Morgan fingerprint density at radius 3 is 2.57 bits per heavy atom. The van der Waals surface area contributed by atoms with E-state index in [1.165, 1.54) is 10.3 Å². The summed E-state index contributed by atoms with van der Waals surface area (Å²) >= 11 is 1.79. The lowest BCUT2D eigenvalue weighted by Gasteiger charge is -2.35. The summed E-state index contributed by atoms with van der Waals surface area (Å²) in [6.07, 6.45) is 4.52. The topological polar surface area (TPSA) is 63.0 Å². The highest BCUT2D eigenvalue weighted by Crippen LogP contribution is 2.32. The van der Waals surface area contributed by atoms with Gasteiger partial charge in [-0.1, -0.05) is 30.4 Å². The van der Waals surface area contributed by atoms with E-state index in [1.807, 2.05) is 6.33 Å². The summed E-state index contributed by atoms with van der Waals surface area (Å²) in [4.78, 5) is 23.2. The maximum Gasteiger partial charge on any atom is 0.186 e. The first kappa shape index (κ1) is 17.4. The van der Waals surface area contributed by atoms with Crippen LogP contribution in [0.25, 0.3) is 21.4 Å². The van der Waals surface area contributed by atoms with Gasteiger partial charge in [-0.2, -0.15) is 0 Å². The Hall–Kier alpha value is -2.74. The minimum Gasteiger partial charge on any atom is -0.351 e. The van der Waals surface area contributed by atoms with Gasteiger partial charge in [0.05, 0.1) is 16.5 Å². The number of para-hydroxylation sites is 1. The van der Waals surface area contributed by atoms with Gasteiger partial charge in [0.25, 0.3) is 0 Å². The maximum absolute atomic E-state index is 4.95. The largest absolute Gasteiger partial charge is 0.351 e. The molecule has 0 bridgehead atoms. The van der Waals surface area contributed by atoms with E-state index in [4.69, 9.17) is 4.98 Å². The molecule has 0 saturated carbocycles. The Balaban J connectivity index is 1.38. The summed E-state index contributed by atoms with van der Waals surface area (Å²) in [7, 11) is 0. The maximum atomic E-state index is 4.95. The molecule has 28 heavy (non-hydrogen) atoms. The molecule has 0 unspecified atom stereocenters. The summed E-state index contributed by atoms with van der Waals surface area (Å²) in [6.45, 7) is 8.82. The van der Waals surface area contributed by atoms with E-state index in [1.54, 1.807) is 17.7 Å². The van der Waals surface area contributed by atoms with Crippen molar-refractivity contribution < 1.29 is 0 Å². The average molecular weight is 394 g/mol. The smallest absolute Gasteiger partial charge is 0.186 e. The average Bonchev–Trinajstić information content (AvgIpc) is 3.37. The number of thiazole rings is 1. The molecular formula is C20H23N7S. The van der Waals surface area contributed by atoms with E-state index < -0.39 is 0 Å². The van der Waals surface area contributed by atoms with Gasteiger partial charge in [0.2, 0.25) is 0 Å². The van der Waals surface area contributed by atoms with Gasteiger partial charge in [0.1, 0.15) is 6.33 Å². The molecule has 7 nitrogen and oxygen atoms in total. The molecule has 4 heterocycles. The minimum absolute atomic E-state index is 0.859. The Morgan fingerprint density at radius 2 is 1.79 bits per heavy atom. The highest BCUT2D eigenvalue weighted by Gasteiger charge is 2.23. The molecule has 144 valence electrons. The molecule has 5 rings (SSSR count). The number of imidazole rings is 1. The molecule has 0 spiro atoms. The van der Waals surface area contributed by atoms with Crippen molar-refractivity contribution in [3.63, 3.8) is 0 Å². The van der Waals surface area contributed by atoms with Gasteiger partial charge in [-0.15, -0.1) is 0 Å². The van der Waals surface area contributed by atoms with Gasteiger partial charge in [0, 0.05) is 32.7 Å². The zero-order valence-corrected chi connectivity index (χ0v) is 17.0. The second kappa shape index (κ2) is 7.01. The Kier molecular flexibility index (Phi) is 4.35. The summed E-state index contributed by atoms with van der Waals surface area (Å²) in [6, 6.07) is 6.49. The summed E-state index contributed by atoms with van der Waals surface area (Å²) in [5.74, 6) is 0.939. The number of fused-ring (bicyclic) bond motifs is 2. The third-order valence-electron chi connectivity index (χ3n) is 5.44. The minimum atomic E-state index is 0.859. The van der Waals surface area contributed by atoms with Gasteiger partial charge in [-0.3, -0.25) is 0 Å². The van der Waals surface area contributed by atoms with E-state index in [9.17, 15) is 0 Å². The Labute approximate surface area is 167 Å². The van der Waals surface area contributed by atoms with Crippen LogP contribution in [0.2, 0.25) is 0 Å². The fourth-order valence-electron chi connectivity index (χ4n) is 3.86. The highest BCUT2D eigenvalue weighted by molar-refractivity contribution is 7.22. The molecule has 0 radical (unpaired) electrons. The molecular weight excluding hydrogens is 370 g/mol. The fourth-order valence-corrected chi connectivity index (χ4v) is 4.92. The zero-order valence-electron chi connectivity index (χ0n) is 16.2. The first-order valence-electron chi connectivity index (χ1n) is 9.82. The van der Waals surface area contributed by atoms with Crippen LogP contribution < -0.4 is 9.80 Å². The van der Waals surface area contributed by atoms with E-state index in [-0.39, 0.29) is 0 Å². The van der Waals surface area contributed by atoms with Crippen LogP contribution in [-0.4, -0.2) is 50.7 Å². The van der Waals surface area contributed by atoms with Crippen LogP contribution in [0.15, 0.2) is 30.9 Å². The van der Waals surface area contributed by atoms with Gasteiger partial charge < -0.3 is 14.4 Å². The second-order valence-corrected chi connectivity index (χ2v) is 8.00. The predicted octanol–water partition coefficient (Wildman–Crippen LogP) is 3.34. The molecule has 0 N–H and O–H groups in total. The van der Waals surface area contributed by atoms with E-state index >= 15 is 0 Å². The third kappa shape index (κ3) is 2.79. The summed E-state index contributed by atoms with van der Waals surface area (Å²) in [5, 5.41) is 1.12. The van der Waals surface area contributed by atoms with Crippen molar-refractivity contribution in [3.8, 4) is 0 Å². The summed E-state index contributed by atoms with van der Waals surface area (Å²) < 4.78 is 3.34. The number of anilines is 2. The van der Waals surface area contributed by atoms with Crippen molar-refractivity contribution in [1.82, 2.24) is 24.5 Å². The molecule has 4 aromatic rings. The lowest BCUT2D eigenvalue weighted by molar-refractivity contribution is 0.647.